The van der Waals surface area contributed by atoms with Crippen LogP contribution in [0.1, 0.15) is 28.1 Å². The predicted octanol–water partition coefficient (Wildman–Crippen LogP) is 5.73. The van der Waals surface area contributed by atoms with Crippen molar-refractivity contribution in [1.82, 2.24) is 14.8 Å². The second-order valence-electron chi connectivity index (χ2n) is 7.75. The van der Waals surface area contributed by atoms with E-state index in [4.69, 9.17) is 16.7 Å². The molecule has 0 saturated heterocycles. The molecule has 0 aliphatic carbocycles. The lowest BCUT2D eigenvalue weighted by molar-refractivity contribution is 0.275. The highest BCUT2D eigenvalue weighted by molar-refractivity contribution is 6.30. The van der Waals surface area contributed by atoms with E-state index < -0.39 is 5.54 Å². The van der Waals surface area contributed by atoms with Crippen molar-refractivity contribution in [3.05, 3.63) is 130 Å². The monoisotopic (exact) mass is 439 g/mol. The van der Waals surface area contributed by atoms with Gasteiger partial charge in [0.05, 0.1) is 23.5 Å². The highest BCUT2D eigenvalue weighted by Gasteiger charge is 2.41. The molecule has 4 nitrogen and oxygen atoms in total. The zero-order valence-corrected chi connectivity index (χ0v) is 18.4. The van der Waals surface area contributed by atoms with Crippen molar-refractivity contribution < 1.29 is 5.11 Å². The van der Waals surface area contributed by atoms with E-state index in [9.17, 15) is 5.11 Å². The maximum absolute atomic E-state index is 10.2. The molecule has 0 fully saturated rings. The maximum Gasteiger partial charge on any atom is 0.138 e. The lowest BCUT2D eigenvalue weighted by atomic mass is 9.77. The van der Waals surface area contributed by atoms with Crippen LogP contribution in [0.25, 0.3) is 10.9 Å². The van der Waals surface area contributed by atoms with Gasteiger partial charge in [0, 0.05) is 11.5 Å². The van der Waals surface area contributed by atoms with E-state index in [0.29, 0.717) is 10.8 Å². The Morgan fingerprint density at radius 1 is 0.812 bits per heavy atom. The second kappa shape index (κ2) is 8.23. The molecule has 5 heteroatoms. The van der Waals surface area contributed by atoms with Crippen LogP contribution in [-0.2, 0) is 12.1 Å². The summed E-state index contributed by atoms with van der Waals surface area (Å²) < 4.78 is 1.99. The number of aliphatic hydroxyl groups excluding tert-OH is 1. The SMILES string of the molecule is Cc1nc(Cl)cc2c1c(CO)nn2C(c1ccccc1)(c1ccccc1)c1ccccc1. The van der Waals surface area contributed by atoms with E-state index >= 15 is 0 Å². The van der Waals surface area contributed by atoms with Crippen LogP contribution in [0, 0.1) is 6.92 Å². The van der Waals surface area contributed by atoms with E-state index in [1.165, 1.54) is 0 Å². The first-order valence-corrected chi connectivity index (χ1v) is 10.9. The molecule has 0 aliphatic heterocycles. The summed E-state index contributed by atoms with van der Waals surface area (Å²) in [6.07, 6.45) is 0. The lowest BCUT2D eigenvalue weighted by Gasteiger charge is -2.37. The molecular formula is C27H22ClN3O. The van der Waals surface area contributed by atoms with Gasteiger partial charge in [0.25, 0.3) is 0 Å². The molecule has 0 saturated carbocycles. The number of aryl methyl sites for hydroxylation is 1. The van der Waals surface area contributed by atoms with Crippen LogP contribution < -0.4 is 0 Å². The third-order valence-electron chi connectivity index (χ3n) is 5.93. The van der Waals surface area contributed by atoms with Crippen LogP contribution in [0.15, 0.2) is 97.1 Å². The number of rotatable bonds is 5. The Kier molecular flexibility index (Phi) is 5.25. The number of hydrogen-bond acceptors (Lipinski definition) is 3. The minimum atomic E-state index is -0.785. The highest BCUT2D eigenvalue weighted by atomic mass is 35.5. The summed E-state index contributed by atoms with van der Waals surface area (Å²) in [5.74, 6) is 0. The predicted molar refractivity (Wildman–Crippen MR) is 128 cm³/mol. The molecular weight excluding hydrogens is 418 g/mol. The molecule has 2 aromatic heterocycles. The fourth-order valence-corrected chi connectivity index (χ4v) is 4.87. The molecule has 0 aliphatic rings. The van der Waals surface area contributed by atoms with Crippen LogP contribution in [0.5, 0.6) is 0 Å². The summed E-state index contributed by atoms with van der Waals surface area (Å²) in [4.78, 5) is 4.42. The molecule has 5 rings (SSSR count). The first-order valence-electron chi connectivity index (χ1n) is 10.5. The number of nitrogens with zero attached hydrogens (tertiary/aromatic N) is 3. The summed E-state index contributed by atoms with van der Waals surface area (Å²) in [5, 5.41) is 16.4. The normalized spacial score (nSPS) is 11.7. The Balaban J connectivity index is 2.01. The van der Waals surface area contributed by atoms with Gasteiger partial charge in [-0.3, -0.25) is 0 Å². The van der Waals surface area contributed by atoms with Crippen molar-refractivity contribution >= 4 is 22.5 Å². The van der Waals surface area contributed by atoms with Crippen molar-refractivity contribution in [3.63, 3.8) is 0 Å². The topological polar surface area (TPSA) is 50.9 Å². The summed E-state index contributed by atoms with van der Waals surface area (Å²) in [7, 11) is 0. The van der Waals surface area contributed by atoms with Crippen molar-refractivity contribution in [1.29, 1.82) is 0 Å². The van der Waals surface area contributed by atoms with Gasteiger partial charge in [-0.1, -0.05) is 103 Å². The van der Waals surface area contributed by atoms with Crippen LogP contribution >= 0.6 is 11.6 Å². The van der Waals surface area contributed by atoms with E-state index in [1.807, 2.05) is 72.3 Å². The van der Waals surface area contributed by atoms with Crippen molar-refractivity contribution in [2.75, 3.05) is 0 Å². The molecule has 158 valence electrons. The summed E-state index contributed by atoms with van der Waals surface area (Å²) in [6, 6.07) is 32.8. The molecule has 2 heterocycles. The summed E-state index contributed by atoms with van der Waals surface area (Å²) in [5.41, 5.74) is 4.51. The van der Waals surface area contributed by atoms with Gasteiger partial charge < -0.3 is 5.11 Å². The van der Waals surface area contributed by atoms with Crippen LogP contribution in [0.3, 0.4) is 0 Å². The summed E-state index contributed by atoms with van der Waals surface area (Å²) >= 11 is 6.42. The fraction of sp³-hybridized carbons (Fsp3) is 0.111. The van der Waals surface area contributed by atoms with E-state index in [1.54, 1.807) is 0 Å². The maximum atomic E-state index is 10.2. The smallest absolute Gasteiger partial charge is 0.138 e. The Morgan fingerprint density at radius 2 is 1.28 bits per heavy atom. The van der Waals surface area contributed by atoms with Crippen molar-refractivity contribution in [2.24, 2.45) is 0 Å². The zero-order valence-electron chi connectivity index (χ0n) is 17.6. The third-order valence-corrected chi connectivity index (χ3v) is 6.12. The number of aromatic nitrogens is 3. The largest absolute Gasteiger partial charge is 0.390 e. The van der Waals surface area contributed by atoms with Gasteiger partial charge in [0.2, 0.25) is 0 Å². The molecule has 0 amide bonds. The zero-order chi connectivity index (χ0) is 22.1. The first-order chi connectivity index (χ1) is 15.7. The minimum absolute atomic E-state index is 0.192. The average Bonchev–Trinajstić information content (AvgIpc) is 3.21. The number of hydrogen-bond donors (Lipinski definition) is 1. The van der Waals surface area contributed by atoms with Crippen molar-refractivity contribution in [3.8, 4) is 0 Å². The van der Waals surface area contributed by atoms with Gasteiger partial charge in [-0.2, -0.15) is 5.10 Å². The molecule has 1 N–H and O–H groups in total. The highest BCUT2D eigenvalue weighted by Crippen LogP contribution is 2.43. The lowest BCUT2D eigenvalue weighted by Crippen LogP contribution is -2.38. The van der Waals surface area contributed by atoms with Gasteiger partial charge >= 0.3 is 0 Å². The van der Waals surface area contributed by atoms with E-state index in [0.717, 1.165) is 33.3 Å². The number of aliphatic hydroxyl groups is 1. The quantitative estimate of drug-likeness (QED) is 0.281. The molecule has 0 unspecified atom stereocenters. The standard InChI is InChI=1S/C27H22ClN3O/c1-19-26-23(18-32)30-31(24(26)17-25(28)29-19)27(20-11-5-2-6-12-20,21-13-7-3-8-14-21)22-15-9-4-10-16-22/h2-17,32H,18H2,1H3. The molecule has 32 heavy (non-hydrogen) atoms. The van der Waals surface area contributed by atoms with Gasteiger partial charge in [-0.25, -0.2) is 9.67 Å². The third kappa shape index (κ3) is 3.11. The fourth-order valence-electron chi connectivity index (χ4n) is 4.64. The van der Waals surface area contributed by atoms with E-state index in [-0.39, 0.29) is 6.61 Å². The average molecular weight is 440 g/mol. The Bertz CT molecular complexity index is 1270. The number of fused-ring (bicyclic) bond motifs is 1. The van der Waals surface area contributed by atoms with Crippen molar-refractivity contribution in [2.45, 2.75) is 19.1 Å². The minimum Gasteiger partial charge on any atom is -0.390 e. The molecule has 3 aromatic carbocycles. The van der Waals surface area contributed by atoms with Gasteiger partial charge in [-0.05, 0) is 23.6 Å². The molecule has 0 radical (unpaired) electrons. The van der Waals surface area contributed by atoms with Crippen LogP contribution in [-0.4, -0.2) is 19.9 Å². The first kappa shape index (κ1) is 20.4. The van der Waals surface area contributed by atoms with Gasteiger partial charge in [-0.15, -0.1) is 0 Å². The van der Waals surface area contributed by atoms with E-state index in [2.05, 4.69) is 41.4 Å². The van der Waals surface area contributed by atoms with Crippen LogP contribution in [0.4, 0.5) is 0 Å². The number of pyridine rings is 1. The molecule has 0 atom stereocenters. The Morgan fingerprint density at radius 3 is 1.72 bits per heavy atom. The number of benzene rings is 3. The van der Waals surface area contributed by atoms with Crippen LogP contribution in [0.2, 0.25) is 5.15 Å². The molecule has 5 aromatic rings. The number of halogens is 1. The Labute approximate surface area is 191 Å². The molecule has 0 spiro atoms. The summed E-state index contributed by atoms with van der Waals surface area (Å²) in [6.45, 7) is 1.71. The Hall–Kier alpha value is -3.47. The second-order valence-corrected chi connectivity index (χ2v) is 8.14. The van der Waals surface area contributed by atoms with Gasteiger partial charge in [0.1, 0.15) is 10.7 Å². The van der Waals surface area contributed by atoms with Gasteiger partial charge in [0.15, 0.2) is 0 Å². The molecule has 0 bridgehead atoms.